The van der Waals surface area contributed by atoms with Gasteiger partial charge in [-0.3, -0.25) is 4.79 Å². The Labute approximate surface area is 186 Å². The Morgan fingerprint density at radius 2 is 1.45 bits per heavy atom. The maximum Gasteiger partial charge on any atom is 0.226 e. The first kappa shape index (κ1) is 22.8. The van der Waals surface area contributed by atoms with Crippen molar-refractivity contribution in [2.75, 3.05) is 20.2 Å². The van der Waals surface area contributed by atoms with Crippen LogP contribution in [-0.2, 0) is 24.1 Å². The molecule has 1 atom stereocenters. The third-order valence-corrected chi connectivity index (χ3v) is 5.85. The molecule has 0 bridgehead atoms. The normalized spacial score (nSPS) is 11.8. The highest BCUT2D eigenvalue weighted by Crippen LogP contribution is 2.26. The fraction of sp³-hybridized carbons (Fsp3) is 0.321. The van der Waals surface area contributed by atoms with Gasteiger partial charge >= 0.3 is 0 Å². The highest BCUT2D eigenvalue weighted by molar-refractivity contribution is 5.78. The first-order valence-corrected chi connectivity index (χ1v) is 11.2. The molecule has 0 heterocycles. The van der Waals surface area contributed by atoms with Crippen molar-refractivity contribution in [1.29, 1.82) is 0 Å². The summed E-state index contributed by atoms with van der Waals surface area (Å²) in [7, 11) is 1.88. The van der Waals surface area contributed by atoms with E-state index >= 15 is 0 Å². The quantitative estimate of drug-likeness (QED) is 0.477. The molecule has 3 aromatic carbocycles. The van der Waals surface area contributed by atoms with E-state index in [9.17, 15) is 9.90 Å². The van der Waals surface area contributed by atoms with Crippen LogP contribution in [0.1, 0.15) is 41.0 Å². The summed E-state index contributed by atoms with van der Waals surface area (Å²) >= 11 is 0. The Hall–Kier alpha value is -2.91. The Morgan fingerprint density at radius 1 is 0.839 bits per heavy atom. The lowest BCUT2D eigenvalue weighted by Crippen LogP contribution is -2.30. The molecule has 0 saturated heterocycles. The highest BCUT2D eigenvalue weighted by atomic mass is 16.2. The van der Waals surface area contributed by atoms with Crippen molar-refractivity contribution in [3.8, 4) is 0 Å². The largest absolute Gasteiger partial charge is 0.396 e. The standard InChI is InChI=1S/C28H33NO2/c1-29(19-18-23-9-4-2-5-10-23)28(31)22-25-16-14-24(15-17-25)21-27(13-8-20-30)26-11-6-3-7-12-26/h2-7,9-12,14-17,27,30H,8,13,18-22H2,1H3. The van der Waals surface area contributed by atoms with E-state index in [1.54, 1.807) is 0 Å². The molecule has 0 spiro atoms. The van der Waals surface area contributed by atoms with E-state index in [-0.39, 0.29) is 12.5 Å². The van der Waals surface area contributed by atoms with E-state index in [1.165, 1.54) is 16.7 Å². The van der Waals surface area contributed by atoms with Crippen molar-refractivity contribution in [3.63, 3.8) is 0 Å². The van der Waals surface area contributed by atoms with Crippen LogP contribution in [0.25, 0.3) is 0 Å². The summed E-state index contributed by atoms with van der Waals surface area (Å²) < 4.78 is 0. The van der Waals surface area contributed by atoms with Crippen LogP contribution in [-0.4, -0.2) is 36.1 Å². The smallest absolute Gasteiger partial charge is 0.226 e. The summed E-state index contributed by atoms with van der Waals surface area (Å²) in [6.07, 6.45) is 4.01. The number of hydrogen-bond donors (Lipinski definition) is 1. The molecule has 0 aliphatic carbocycles. The van der Waals surface area contributed by atoms with Crippen molar-refractivity contribution < 1.29 is 9.90 Å². The summed E-state index contributed by atoms with van der Waals surface area (Å²) in [6.45, 7) is 0.951. The average molecular weight is 416 g/mol. The topological polar surface area (TPSA) is 40.5 Å². The zero-order valence-corrected chi connectivity index (χ0v) is 18.4. The molecule has 3 rings (SSSR count). The predicted octanol–water partition coefficient (Wildman–Crippen LogP) is 5.03. The van der Waals surface area contributed by atoms with Crippen LogP contribution in [0.4, 0.5) is 0 Å². The lowest BCUT2D eigenvalue weighted by atomic mass is 9.88. The summed E-state index contributed by atoms with van der Waals surface area (Å²) in [5.41, 5.74) is 4.88. The van der Waals surface area contributed by atoms with Gasteiger partial charge in [0, 0.05) is 20.2 Å². The molecule has 0 saturated carbocycles. The molecule has 0 aromatic heterocycles. The molecule has 1 unspecified atom stereocenters. The fourth-order valence-electron chi connectivity index (χ4n) is 3.90. The van der Waals surface area contributed by atoms with Gasteiger partial charge in [0.1, 0.15) is 0 Å². The number of likely N-dealkylation sites (N-methyl/N-ethyl adjacent to an activating group) is 1. The van der Waals surface area contributed by atoms with E-state index in [4.69, 9.17) is 0 Å². The molecule has 3 heteroatoms. The van der Waals surface area contributed by atoms with Crippen LogP contribution >= 0.6 is 0 Å². The molecule has 0 aliphatic rings. The van der Waals surface area contributed by atoms with Gasteiger partial charge in [-0.25, -0.2) is 0 Å². The molecule has 1 N–H and O–H groups in total. The van der Waals surface area contributed by atoms with Gasteiger partial charge in [-0.15, -0.1) is 0 Å². The lowest BCUT2D eigenvalue weighted by Gasteiger charge is -2.18. The molecule has 0 fully saturated rings. The van der Waals surface area contributed by atoms with Crippen molar-refractivity contribution in [3.05, 3.63) is 107 Å². The Bertz CT molecular complexity index is 907. The third kappa shape index (κ3) is 7.37. The number of hydrogen-bond acceptors (Lipinski definition) is 2. The molecule has 3 aromatic rings. The number of carbonyl (C=O) groups is 1. The second-order valence-electron chi connectivity index (χ2n) is 8.22. The van der Waals surface area contributed by atoms with E-state index in [2.05, 4.69) is 60.7 Å². The van der Waals surface area contributed by atoms with Crippen LogP contribution in [0, 0.1) is 0 Å². The summed E-state index contributed by atoms with van der Waals surface area (Å²) in [4.78, 5) is 14.4. The zero-order chi connectivity index (χ0) is 21.9. The molecule has 31 heavy (non-hydrogen) atoms. The molecule has 0 radical (unpaired) electrons. The maximum absolute atomic E-state index is 12.6. The zero-order valence-electron chi connectivity index (χ0n) is 18.4. The van der Waals surface area contributed by atoms with Gasteiger partial charge in [-0.2, -0.15) is 0 Å². The van der Waals surface area contributed by atoms with Crippen molar-refractivity contribution in [1.82, 2.24) is 4.90 Å². The molecule has 1 amide bonds. The van der Waals surface area contributed by atoms with Gasteiger partial charge in [0.05, 0.1) is 6.42 Å². The van der Waals surface area contributed by atoms with Crippen LogP contribution < -0.4 is 0 Å². The number of aliphatic hydroxyl groups is 1. The van der Waals surface area contributed by atoms with Crippen LogP contribution in [0.2, 0.25) is 0 Å². The molecule has 3 nitrogen and oxygen atoms in total. The van der Waals surface area contributed by atoms with Crippen LogP contribution in [0.3, 0.4) is 0 Å². The Balaban J connectivity index is 1.54. The number of carbonyl (C=O) groups excluding carboxylic acids is 1. The fourth-order valence-corrected chi connectivity index (χ4v) is 3.90. The average Bonchev–Trinajstić information content (AvgIpc) is 2.82. The van der Waals surface area contributed by atoms with Gasteiger partial charge in [-0.05, 0) is 53.9 Å². The molecular formula is C28H33NO2. The maximum atomic E-state index is 12.6. The number of rotatable bonds is 11. The predicted molar refractivity (Wildman–Crippen MR) is 127 cm³/mol. The minimum atomic E-state index is 0.147. The summed E-state index contributed by atoms with van der Waals surface area (Å²) in [5.74, 6) is 0.541. The molecule has 162 valence electrons. The number of amides is 1. The second-order valence-corrected chi connectivity index (χ2v) is 8.22. The number of nitrogens with zero attached hydrogens (tertiary/aromatic N) is 1. The highest BCUT2D eigenvalue weighted by Gasteiger charge is 2.13. The summed E-state index contributed by atoms with van der Waals surface area (Å²) in [5, 5.41) is 9.26. The first-order valence-electron chi connectivity index (χ1n) is 11.2. The van der Waals surface area contributed by atoms with Gasteiger partial charge in [-0.1, -0.05) is 84.9 Å². The van der Waals surface area contributed by atoms with E-state index < -0.39 is 0 Å². The van der Waals surface area contributed by atoms with Gasteiger partial charge in [0.2, 0.25) is 5.91 Å². The van der Waals surface area contributed by atoms with E-state index in [1.807, 2.05) is 36.2 Å². The second kappa shape index (κ2) is 12.1. The van der Waals surface area contributed by atoms with Crippen molar-refractivity contribution in [2.45, 2.75) is 38.0 Å². The van der Waals surface area contributed by atoms with Crippen LogP contribution in [0.15, 0.2) is 84.9 Å². The number of benzene rings is 3. The Morgan fingerprint density at radius 3 is 2.10 bits per heavy atom. The van der Waals surface area contributed by atoms with Crippen molar-refractivity contribution >= 4 is 5.91 Å². The van der Waals surface area contributed by atoms with E-state index in [0.717, 1.165) is 37.8 Å². The third-order valence-electron chi connectivity index (χ3n) is 5.85. The van der Waals surface area contributed by atoms with Gasteiger partial charge < -0.3 is 10.0 Å². The molecular weight excluding hydrogens is 382 g/mol. The number of aliphatic hydroxyl groups excluding tert-OH is 1. The minimum Gasteiger partial charge on any atom is -0.396 e. The van der Waals surface area contributed by atoms with Crippen LogP contribution in [0.5, 0.6) is 0 Å². The lowest BCUT2D eigenvalue weighted by molar-refractivity contribution is -0.129. The van der Waals surface area contributed by atoms with Crippen molar-refractivity contribution in [2.24, 2.45) is 0 Å². The monoisotopic (exact) mass is 415 g/mol. The van der Waals surface area contributed by atoms with Gasteiger partial charge in [0.25, 0.3) is 0 Å². The SMILES string of the molecule is CN(CCc1ccccc1)C(=O)Cc1ccc(CC(CCCO)c2ccccc2)cc1. The first-order chi connectivity index (χ1) is 15.2. The van der Waals surface area contributed by atoms with Gasteiger partial charge in [0.15, 0.2) is 0 Å². The minimum absolute atomic E-state index is 0.147. The molecule has 0 aliphatic heterocycles. The van der Waals surface area contributed by atoms with E-state index in [0.29, 0.717) is 12.3 Å². The summed E-state index contributed by atoms with van der Waals surface area (Å²) in [6, 6.07) is 29.2. The Kier molecular flexibility index (Phi) is 8.86.